The quantitative estimate of drug-likeness (QED) is 0.668. The largest absolute Gasteiger partial charge is 0.380 e. The molecule has 0 spiro atoms. The molecule has 0 aromatic carbocycles. The van der Waals surface area contributed by atoms with E-state index in [1.54, 1.807) is 0 Å². The number of hydrogen-bond donors (Lipinski definition) is 1. The zero-order chi connectivity index (χ0) is 12.3. The molecule has 0 aliphatic heterocycles. The summed E-state index contributed by atoms with van der Waals surface area (Å²) in [5, 5.41) is 0. The van der Waals surface area contributed by atoms with Crippen molar-refractivity contribution in [1.29, 1.82) is 0 Å². The molecule has 100 valence electrons. The Hall–Kier alpha value is -0.120. The summed E-state index contributed by atoms with van der Waals surface area (Å²) in [7, 11) is 0. The van der Waals surface area contributed by atoms with Crippen LogP contribution in [-0.4, -0.2) is 43.3 Å². The summed E-state index contributed by atoms with van der Waals surface area (Å²) in [5.41, 5.74) is 6.06. The van der Waals surface area contributed by atoms with Gasteiger partial charge in [-0.15, -0.1) is 0 Å². The van der Waals surface area contributed by atoms with E-state index in [-0.39, 0.29) is 5.54 Å². The number of nitrogens with two attached hydrogens (primary N) is 1. The van der Waals surface area contributed by atoms with Gasteiger partial charge in [0.05, 0.1) is 12.1 Å². The van der Waals surface area contributed by atoms with Crippen molar-refractivity contribution in [3.8, 4) is 0 Å². The first-order valence-corrected chi connectivity index (χ1v) is 7.21. The maximum absolute atomic E-state index is 6.02. The Morgan fingerprint density at radius 3 is 2.06 bits per heavy atom. The topological polar surface area (TPSA) is 38.5 Å². The molecule has 0 aromatic heterocycles. The average molecular weight is 240 g/mol. The fourth-order valence-corrected chi connectivity index (χ4v) is 2.34. The van der Waals surface area contributed by atoms with Crippen LogP contribution in [0.2, 0.25) is 0 Å². The predicted octanol–water partition coefficient (Wildman–Crippen LogP) is 1.86. The van der Waals surface area contributed by atoms with Gasteiger partial charge in [0.1, 0.15) is 0 Å². The highest BCUT2D eigenvalue weighted by Gasteiger charge is 2.38. The predicted molar refractivity (Wildman–Crippen MR) is 71.0 cm³/mol. The van der Waals surface area contributed by atoms with Crippen molar-refractivity contribution < 1.29 is 4.74 Å². The minimum Gasteiger partial charge on any atom is -0.380 e. The Labute approximate surface area is 106 Å². The number of nitrogens with zero attached hydrogens (tertiary/aromatic N) is 1. The molecule has 0 aromatic rings. The molecule has 3 nitrogen and oxygen atoms in total. The molecule has 2 rings (SSSR count). The first kappa shape index (κ1) is 13.3. The fourth-order valence-electron chi connectivity index (χ4n) is 2.34. The van der Waals surface area contributed by atoms with Gasteiger partial charge in [-0.3, -0.25) is 4.90 Å². The highest BCUT2D eigenvalue weighted by molar-refractivity contribution is 4.93. The van der Waals surface area contributed by atoms with Gasteiger partial charge in [0.25, 0.3) is 0 Å². The molecule has 1 atom stereocenters. The van der Waals surface area contributed by atoms with E-state index >= 15 is 0 Å². The molecule has 3 heteroatoms. The highest BCUT2D eigenvalue weighted by Crippen LogP contribution is 2.36. The van der Waals surface area contributed by atoms with Crippen molar-refractivity contribution in [1.82, 2.24) is 4.90 Å². The third kappa shape index (κ3) is 3.94. The smallest absolute Gasteiger partial charge is 0.0659 e. The number of rotatable bonds is 9. The molecular weight excluding hydrogens is 212 g/mol. The van der Waals surface area contributed by atoms with Crippen molar-refractivity contribution in [2.24, 2.45) is 17.6 Å². The van der Waals surface area contributed by atoms with Crippen molar-refractivity contribution in [2.75, 3.05) is 32.8 Å². The molecule has 0 amide bonds. The zero-order valence-corrected chi connectivity index (χ0v) is 11.5. The van der Waals surface area contributed by atoms with E-state index in [1.165, 1.54) is 38.8 Å². The lowest BCUT2D eigenvalue weighted by Crippen LogP contribution is -2.56. The molecular formula is C14H28N2O. The normalized spacial score (nSPS) is 24.0. The van der Waals surface area contributed by atoms with Crippen molar-refractivity contribution in [3.63, 3.8) is 0 Å². The summed E-state index contributed by atoms with van der Waals surface area (Å²) < 4.78 is 5.65. The summed E-state index contributed by atoms with van der Waals surface area (Å²) in [5.74, 6) is 1.86. The lowest BCUT2D eigenvalue weighted by atomic mass is 10.00. The molecule has 1 unspecified atom stereocenters. The molecule has 2 fully saturated rings. The van der Waals surface area contributed by atoms with E-state index in [2.05, 4.69) is 18.7 Å². The molecule has 2 aliphatic rings. The van der Waals surface area contributed by atoms with E-state index in [4.69, 9.17) is 10.5 Å². The lowest BCUT2D eigenvalue weighted by Gasteiger charge is -2.40. The van der Waals surface area contributed by atoms with Crippen LogP contribution in [0.4, 0.5) is 0 Å². The Morgan fingerprint density at radius 1 is 1.18 bits per heavy atom. The van der Waals surface area contributed by atoms with Crippen LogP contribution >= 0.6 is 0 Å². The van der Waals surface area contributed by atoms with Gasteiger partial charge < -0.3 is 10.5 Å². The lowest BCUT2D eigenvalue weighted by molar-refractivity contribution is 0.00518. The van der Waals surface area contributed by atoms with Crippen LogP contribution in [0.5, 0.6) is 0 Å². The molecule has 0 heterocycles. The van der Waals surface area contributed by atoms with Gasteiger partial charge in [0, 0.05) is 26.2 Å². The third-order valence-electron chi connectivity index (χ3n) is 4.17. The van der Waals surface area contributed by atoms with Gasteiger partial charge in [-0.25, -0.2) is 0 Å². The van der Waals surface area contributed by atoms with Crippen molar-refractivity contribution in [2.45, 2.75) is 45.1 Å². The Balaban J connectivity index is 1.92. The van der Waals surface area contributed by atoms with E-state index in [9.17, 15) is 0 Å². The van der Waals surface area contributed by atoms with Crippen LogP contribution in [0.1, 0.15) is 39.5 Å². The molecule has 0 radical (unpaired) electrons. The summed E-state index contributed by atoms with van der Waals surface area (Å²) >= 11 is 0. The van der Waals surface area contributed by atoms with E-state index in [1.807, 2.05) is 0 Å². The Kier molecular flexibility index (Phi) is 4.45. The summed E-state index contributed by atoms with van der Waals surface area (Å²) in [6.07, 6.45) is 5.65. The van der Waals surface area contributed by atoms with Crippen molar-refractivity contribution in [3.05, 3.63) is 0 Å². The van der Waals surface area contributed by atoms with Crippen LogP contribution in [-0.2, 0) is 4.74 Å². The molecule has 17 heavy (non-hydrogen) atoms. The third-order valence-corrected chi connectivity index (χ3v) is 4.17. The van der Waals surface area contributed by atoms with Gasteiger partial charge in [-0.05, 0) is 51.4 Å². The number of hydrogen-bond acceptors (Lipinski definition) is 3. The van der Waals surface area contributed by atoms with Crippen LogP contribution in [0.3, 0.4) is 0 Å². The monoisotopic (exact) mass is 240 g/mol. The second kappa shape index (κ2) is 5.68. The first-order valence-electron chi connectivity index (χ1n) is 7.21. The first-order chi connectivity index (χ1) is 8.18. The highest BCUT2D eigenvalue weighted by atomic mass is 16.5. The summed E-state index contributed by atoms with van der Waals surface area (Å²) in [4.78, 5) is 2.62. The summed E-state index contributed by atoms with van der Waals surface area (Å²) in [6, 6.07) is 0. The maximum Gasteiger partial charge on any atom is 0.0659 e. The zero-order valence-electron chi connectivity index (χ0n) is 11.5. The summed E-state index contributed by atoms with van der Waals surface area (Å²) in [6.45, 7) is 9.06. The molecule has 2 saturated carbocycles. The molecule has 2 N–H and O–H groups in total. The number of ether oxygens (including phenoxy) is 1. The standard InChI is InChI=1S/C14H28N2O/c1-3-17-11-14(2,10-15)16(8-12-4-5-12)9-13-6-7-13/h12-13H,3-11,15H2,1-2H3. The second-order valence-corrected chi connectivity index (χ2v) is 6.13. The Bertz CT molecular complexity index is 224. The van der Waals surface area contributed by atoms with E-state index in [0.29, 0.717) is 6.54 Å². The fraction of sp³-hybridized carbons (Fsp3) is 1.00. The van der Waals surface area contributed by atoms with E-state index in [0.717, 1.165) is 25.0 Å². The van der Waals surface area contributed by atoms with Crippen LogP contribution in [0, 0.1) is 11.8 Å². The van der Waals surface area contributed by atoms with Crippen LogP contribution in [0.25, 0.3) is 0 Å². The average Bonchev–Trinajstić information content (AvgIpc) is 3.19. The molecule has 0 bridgehead atoms. The molecule has 2 aliphatic carbocycles. The van der Waals surface area contributed by atoms with Gasteiger partial charge in [0.15, 0.2) is 0 Å². The minimum atomic E-state index is 0.0428. The van der Waals surface area contributed by atoms with Gasteiger partial charge in [-0.2, -0.15) is 0 Å². The van der Waals surface area contributed by atoms with Gasteiger partial charge >= 0.3 is 0 Å². The van der Waals surface area contributed by atoms with Crippen LogP contribution in [0.15, 0.2) is 0 Å². The van der Waals surface area contributed by atoms with Gasteiger partial charge in [0.2, 0.25) is 0 Å². The maximum atomic E-state index is 6.02. The van der Waals surface area contributed by atoms with Crippen molar-refractivity contribution >= 4 is 0 Å². The minimum absolute atomic E-state index is 0.0428. The van der Waals surface area contributed by atoms with Crippen LogP contribution < -0.4 is 5.73 Å². The van der Waals surface area contributed by atoms with Gasteiger partial charge in [-0.1, -0.05) is 0 Å². The second-order valence-electron chi connectivity index (χ2n) is 6.13. The SMILES string of the molecule is CCOCC(C)(CN)N(CC1CC1)CC1CC1. The molecule has 0 saturated heterocycles. The van der Waals surface area contributed by atoms with E-state index < -0.39 is 0 Å². The Morgan fingerprint density at radius 2 is 1.71 bits per heavy atom.